The van der Waals surface area contributed by atoms with E-state index < -0.39 is 5.60 Å². The number of hydrogen-bond acceptors (Lipinski definition) is 2. The zero-order valence-electron chi connectivity index (χ0n) is 6.49. The van der Waals surface area contributed by atoms with Crippen molar-refractivity contribution in [2.24, 2.45) is 0 Å². The van der Waals surface area contributed by atoms with E-state index in [1.165, 1.54) is 0 Å². The Morgan fingerprint density at radius 2 is 1.82 bits per heavy atom. The molecule has 1 aromatic rings. The summed E-state index contributed by atoms with van der Waals surface area (Å²) in [6.07, 6.45) is 0. The second kappa shape index (κ2) is 3.03. The molecule has 1 atom stereocenters. The van der Waals surface area contributed by atoms with Crippen molar-refractivity contribution in [1.82, 2.24) is 0 Å². The van der Waals surface area contributed by atoms with Gasteiger partial charge in [-0.3, -0.25) is 0 Å². The third kappa shape index (κ3) is 1.79. The van der Waals surface area contributed by atoms with Crippen molar-refractivity contribution < 1.29 is 10.2 Å². The van der Waals surface area contributed by atoms with E-state index >= 15 is 0 Å². The highest BCUT2D eigenvalue weighted by Gasteiger charge is 2.20. The van der Waals surface area contributed by atoms with E-state index in [9.17, 15) is 5.11 Å². The molecule has 0 unspecified atom stereocenters. The molecular formula is C9H12O2. The van der Waals surface area contributed by atoms with Gasteiger partial charge in [0.25, 0.3) is 0 Å². The lowest BCUT2D eigenvalue weighted by atomic mass is 9.97. The van der Waals surface area contributed by atoms with Gasteiger partial charge in [-0.2, -0.15) is 0 Å². The molecule has 0 saturated heterocycles. The summed E-state index contributed by atoms with van der Waals surface area (Å²) in [7, 11) is 0. The predicted octanol–water partition coefficient (Wildman–Crippen LogP) is 0.886. The van der Waals surface area contributed by atoms with Gasteiger partial charge in [0.2, 0.25) is 0 Å². The van der Waals surface area contributed by atoms with Gasteiger partial charge < -0.3 is 10.2 Å². The van der Waals surface area contributed by atoms with Gasteiger partial charge in [0.05, 0.1) is 6.61 Å². The molecule has 0 fully saturated rings. The fourth-order valence-electron chi connectivity index (χ4n) is 0.888. The molecule has 1 aromatic carbocycles. The third-order valence-corrected chi connectivity index (χ3v) is 1.70. The first kappa shape index (κ1) is 8.24. The zero-order chi connectivity index (χ0) is 8.32. The van der Waals surface area contributed by atoms with Crippen molar-refractivity contribution >= 4 is 0 Å². The summed E-state index contributed by atoms with van der Waals surface area (Å²) in [6, 6.07) is 9.11. The third-order valence-electron chi connectivity index (χ3n) is 1.70. The molecule has 0 aliphatic carbocycles. The van der Waals surface area contributed by atoms with E-state index in [1.807, 2.05) is 18.2 Å². The first-order chi connectivity index (χ1) is 5.17. The average Bonchev–Trinajstić information content (AvgIpc) is 2.06. The van der Waals surface area contributed by atoms with Crippen LogP contribution in [0.5, 0.6) is 0 Å². The minimum atomic E-state index is -1.11. The summed E-state index contributed by atoms with van der Waals surface area (Å²) >= 11 is 0. The van der Waals surface area contributed by atoms with E-state index in [-0.39, 0.29) is 6.61 Å². The van der Waals surface area contributed by atoms with Gasteiger partial charge in [0.1, 0.15) is 5.60 Å². The molecule has 0 saturated carbocycles. The van der Waals surface area contributed by atoms with Gasteiger partial charge in [-0.1, -0.05) is 30.3 Å². The van der Waals surface area contributed by atoms with Crippen molar-refractivity contribution in [3.63, 3.8) is 0 Å². The quantitative estimate of drug-likeness (QED) is 0.660. The number of aliphatic hydroxyl groups is 2. The molecule has 11 heavy (non-hydrogen) atoms. The molecule has 0 bridgehead atoms. The molecule has 0 aliphatic rings. The molecule has 0 aromatic heterocycles. The van der Waals surface area contributed by atoms with Crippen LogP contribution < -0.4 is 0 Å². The molecule has 2 heteroatoms. The van der Waals surface area contributed by atoms with Crippen LogP contribution in [0.2, 0.25) is 0 Å². The Balaban J connectivity index is 2.93. The fourth-order valence-corrected chi connectivity index (χ4v) is 0.888. The molecule has 0 heterocycles. The van der Waals surface area contributed by atoms with E-state index in [0.717, 1.165) is 5.56 Å². The summed E-state index contributed by atoms with van der Waals surface area (Å²) in [4.78, 5) is 0. The topological polar surface area (TPSA) is 40.5 Å². The average molecular weight is 152 g/mol. The Morgan fingerprint density at radius 3 is 2.27 bits per heavy atom. The molecule has 1 rings (SSSR count). The van der Waals surface area contributed by atoms with Gasteiger partial charge in [-0.05, 0) is 12.5 Å². The Labute approximate surface area is 66.1 Å². The largest absolute Gasteiger partial charge is 0.393 e. The highest BCUT2D eigenvalue weighted by molar-refractivity contribution is 5.21. The Hall–Kier alpha value is -0.860. The molecular weight excluding hydrogens is 140 g/mol. The Bertz CT molecular complexity index is 216. The van der Waals surface area contributed by atoms with Gasteiger partial charge in [-0.25, -0.2) is 0 Å². The van der Waals surface area contributed by atoms with Gasteiger partial charge in [0.15, 0.2) is 0 Å². The number of hydrogen-bond donors (Lipinski definition) is 2. The van der Waals surface area contributed by atoms with Crippen molar-refractivity contribution in [1.29, 1.82) is 0 Å². The van der Waals surface area contributed by atoms with Gasteiger partial charge in [0, 0.05) is 0 Å². The normalized spacial score (nSPS) is 15.9. The molecule has 0 aliphatic heterocycles. The Morgan fingerprint density at radius 1 is 1.27 bits per heavy atom. The van der Waals surface area contributed by atoms with Crippen LogP contribution in [0.1, 0.15) is 12.5 Å². The van der Waals surface area contributed by atoms with Crippen LogP contribution in [-0.4, -0.2) is 16.8 Å². The van der Waals surface area contributed by atoms with E-state index in [4.69, 9.17) is 5.11 Å². The number of benzene rings is 1. The summed E-state index contributed by atoms with van der Waals surface area (Å²) < 4.78 is 0. The molecule has 0 radical (unpaired) electrons. The van der Waals surface area contributed by atoms with Gasteiger partial charge >= 0.3 is 0 Å². The first-order valence-electron chi connectivity index (χ1n) is 3.55. The van der Waals surface area contributed by atoms with Crippen LogP contribution in [0, 0.1) is 0 Å². The van der Waals surface area contributed by atoms with Crippen LogP contribution in [0.15, 0.2) is 30.3 Å². The summed E-state index contributed by atoms with van der Waals surface area (Å²) in [5, 5.41) is 18.3. The SMILES string of the molecule is C[C@@](O)(CO)c1ccccc1. The molecule has 2 N–H and O–H groups in total. The zero-order valence-corrected chi connectivity index (χ0v) is 6.49. The molecule has 0 amide bonds. The molecule has 2 nitrogen and oxygen atoms in total. The van der Waals surface area contributed by atoms with Crippen molar-refractivity contribution in [3.05, 3.63) is 35.9 Å². The van der Waals surface area contributed by atoms with Crippen LogP contribution in [-0.2, 0) is 5.60 Å². The highest BCUT2D eigenvalue weighted by Crippen LogP contribution is 2.18. The van der Waals surface area contributed by atoms with Crippen LogP contribution >= 0.6 is 0 Å². The van der Waals surface area contributed by atoms with Crippen LogP contribution in [0.25, 0.3) is 0 Å². The van der Waals surface area contributed by atoms with Crippen LogP contribution in [0.4, 0.5) is 0 Å². The lowest BCUT2D eigenvalue weighted by molar-refractivity contribution is -0.00228. The second-order valence-corrected chi connectivity index (χ2v) is 2.80. The van der Waals surface area contributed by atoms with E-state index in [1.54, 1.807) is 19.1 Å². The number of aliphatic hydroxyl groups excluding tert-OH is 1. The maximum absolute atomic E-state index is 9.54. The van der Waals surface area contributed by atoms with Crippen molar-refractivity contribution in [3.8, 4) is 0 Å². The minimum absolute atomic E-state index is 0.253. The van der Waals surface area contributed by atoms with Crippen LogP contribution in [0.3, 0.4) is 0 Å². The molecule has 0 spiro atoms. The number of rotatable bonds is 2. The van der Waals surface area contributed by atoms with Crippen molar-refractivity contribution in [2.75, 3.05) is 6.61 Å². The fraction of sp³-hybridized carbons (Fsp3) is 0.333. The van der Waals surface area contributed by atoms with E-state index in [0.29, 0.717) is 0 Å². The monoisotopic (exact) mass is 152 g/mol. The van der Waals surface area contributed by atoms with Gasteiger partial charge in [-0.15, -0.1) is 0 Å². The Kier molecular flexibility index (Phi) is 2.27. The summed E-state index contributed by atoms with van der Waals surface area (Å²) in [5.41, 5.74) is -0.371. The minimum Gasteiger partial charge on any atom is -0.393 e. The maximum atomic E-state index is 9.54. The standard InChI is InChI=1S/C9H12O2/c1-9(11,7-10)8-5-3-2-4-6-8/h2-6,10-11H,7H2,1H3/t9-/m1/s1. The summed E-state index contributed by atoms with van der Waals surface area (Å²) in [5.74, 6) is 0. The first-order valence-corrected chi connectivity index (χ1v) is 3.55. The maximum Gasteiger partial charge on any atom is 0.110 e. The predicted molar refractivity (Wildman–Crippen MR) is 43.1 cm³/mol. The summed E-state index contributed by atoms with van der Waals surface area (Å²) in [6.45, 7) is 1.33. The lowest BCUT2D eigenvalue weighted by Crippen LogP contribution is -2.25. The molecule has 60 valence electrons. The highest BCUT2D eigenvalue weighted by atomic mass is 16.3. The van der Waals surface area contributed by atoms with E-state index in [2.05, 4.69) is 0 Å². The van der Waals surface area contributed by atoms with Crippen molar-refractivity contribution in [2.45, 2.75) is 12.5 Å². The lowest BCUT2D eigenvalue weighted by Gasteiger charge is -2.20. The second-order valence-electron chi connectivity index (χ2n) is 2.80. The smallest absolute Gasteiger partial charge is 0.110 e.